The van der Waals surface area contributed by atoms with E-state index in [-0.39, 0.29) is 5.56 Å². The standard InChI is InChI=1S/C24H20FN7O/c1-14-6-4-9-20(16(14)3)31-22-19(12-28-31)23(27-13-26-22)32-21(10-15(2)30-32)29-24(33)17-7-5-8-18(25)11-17/h4-13H,1-3H3,(H,29,33). The molecule has 9 heteroatoms. The fourth-order valence-electron chi connectivity index (χ4n) is 3.71. The molecule has 0 saturated heterocycles. The number of anilines is 1. The van der Waals surface area contributed by atoms with Crippen molar-refractivity contribution in [3.05, 3.63) is 89.3 Å². The first-order valence-corrected chi connectivity index (χ1v) is 10.3. The highest BCUT2D eigenvalue weighted by molar-refractivity contribution is 6.04. The second kappa shape index (κ2) is 7.94. The number of nitrogens with one attached hydrogen (secondary N) is 1. The van der Waals surface area contributed by atoms with Gasteiger partial charge in [-0.25, -0.2) is 19.0 Å². The SMILES string of the molecule is Cc1cc(NC(=O)c2cccc(F)c2)n(-c2ncnc3c2cnn3-c2cccc(C)c2C)n1. The predicted octanol–water partition coefficient (Wildman–Crippen LogP) is 4.32. The van der Waals surface area contributed by atoms with E-state index in [0.29, 0.717) is 28.4 Å². The van der Waals surface area contributed by atoms with Crippen LogP contribution in [0.4, 0.5) is 10.2 Å². The molecule has 5 rings (SSSR count). The van der Waals surface area contributed by atoms with Crippen LogP contribution in [-0.4, -0.2) is 35.4 Å². The number of fused-ring (bicyclic) bond motifs is 1. The average molecular weight is 441 g/mol. The molecule has 0 spiro atoms. The Morgan fingerprint density at radius 1 is 1.00 bits per heavy atom. The Morgan fingerprint density at radius 2 is 1.82 bits per heavy atom. The molecule has 0 aliphatic heterocycles. The number of rotatable bonds is 4. The Hall–Kier alpha value is -4.40. The molecule has 0 aliphatic rings. The van der Waals surface area contributed by atoms with Crippen molar-refractivity contribution in [3.8, 4) is 11.5 Å². The van der Waals surface area contributed by atoms with Crippen molar-refractivity contribution < 1.29 is 9.18 Å². The Kier molecular flexibility index (Phi) is 4.93. The van der Waals surface area contributed by atoms with E-state index in [1.54, 1.807) is 23.0 Å². The highest BCUT2D eigenvalue weighted by atomic mass is 19.1. The Balaban J connectivity index is 1.59. The number of hydrogen-bond donors (Lipinski definition) is 1. The van der Waals surface area contributed by atoms with Crippen LogP contribution in [0.1, 0.15) is 27.2 Å². The number of aryl methyl sites for hydroxylation is 2. The molecule has 0 unspecified atom stereocenters. The molecule has 3 heterocycles. The van der Waals surface area contributed by atoms with Crippen LogP contribution in [0.25, 0.3) is 22.5 Å². The summed E-state index contributed by atoms with van der Waals surface area (Å²) in [4.78, 5) is 21.6. The van der Waals surface area contributed by atoms with Gasteiger partial charge in [0.05, 0.1) is 23.0 Å². The van der Waals surface area contributed by atoms with Crippen molar-refractivity contribution in [2.45, 2.75) is 20.8 Å². The second-order valence-corrected chi connectivity index (χ2v) is 7.76. The predicted molar refractivity (Wildman–Crippen MR) is 122 cm³/mol. The number of halogens is 1. The molecule has 0 aliphatic carbocycles. The van der Waals surface area contributed by atoms with Crippen LogP contribution in [0.2, 0.25) is 0 Å². The van der Waals surface area contributed by atoms with E-state index in [0.717, 1.165) is 16.8 Å². The quantitative estimate of drug-likeness (QED) is 0.449. The molecule has 8 nitrogen and oxygen atoms in total. The molecule has 1 N–H and O–H groups in total. The second-order valence-electron chi connectivity index (χ2n) is 7.76. The zero-order chi connectivity index (χ0) is 23.1. The zero-order valence-electron chi connectivity index (χ0n) is 18.2. The minimum Gasteiger partial charge on any atom is -0.306 e. The lowest BCUT2D eigenvalue weighted by Gasteiger charge is -2.11. The van der Waals surface area contributed by atoms with Crippen LogP contribution in [0, 0.1) is 26.6 Å². The summed E-state index contributed by atoms with van der Waals surface area (Å²) in [6, 6.07) is 13.2. The largest absolute Gasteiger partial charge is 0.306 e. The molecule has 0 saturated carbocycles. The van der Waals surface area contributed by atoms with E-state index < -0.39 is 11.7 Å². The van der Waals surface area contributed by atoms with Gasteiger partial charge in [-0.1, -0.05) is 18.2 Å². The van der Waals surface area contributed by atoms with Gasteiger partial charge in [0, 0.05) is 11.6 Å². The van der Waals surface area contributed by atoms with Crippen molar-refractivity contribution in [1.82, 2.24) is 29.5 Å². The minimum atomic E-state index is -0.483. The maximum atomic E-state index is 13.6. The number of nitrogens with zero attached hydrogens (tertiary/aromatic N) is 6. The van der Waals surface area contributed by atoms with Crippen LogP contribution in [0.15, 0.2) is 61.1 Å². The molecule has 0 fully saturated rings. The van der Waals surface area contributed by atoms with Gasteiger partial charge in [-0.3, -0.25) is 4.79 Å². The molecule has 3 aromatic heterocycles. The van der Waals surface area contributed by atoms with Crippen LogP contribution >= 0.6 is 0 Å². The summed E-state index contributed by atoms with van der Waals surface area (Å²) in [6.07, 6.45) is 3.12. The summed E-state index contributed by atoms with van der Waals surface area (Å²) in [5.41, 5.74) is 4.67. The van der Waals surface area contributed by atoms with Crippen LogP contribution in [0.3, 0.4) is 0 Å². The molecule has 1 amide bonds. The van der Waals surface area contributed by atoms with Gasteiger partial charge in [-0.2, -0.15) is 14.9 Å². The summed E-state index contributed by atoms with van der Waals surface area (Å²) in [5, 5.41) is 12.5. The molecule has 0 bridgehead atoms. The summed E-state index contributed by atoms with van der Waals surface area (Å²) in [5.74, 6) is -0.0591. The lowest BCUT2D eigenvalue weighted by Crippen LogP contribution is -2.16. The molecular formula is C24H20FN7O. The van der Waals surface area contributed by atoms with E-state index in [2.05, 4.69) is 25.5 Å². The molecule has 5 aromatic rings. The van der Waals surface area contributed by atoms with Gasteiger partial charge in [0.25, 0.3) is 5.91 Å². The summed E-state index contributed by atoms with van der Waals surface area (Å²) in [6.45, 7) is 5.90. The first-order chi connectivity index (χ1) is 15.9. The third-order valence-electron chi connectivity index (χ3n) is 5.51. The van der Waals surface area contributed by atoms with E-state index >= 15 is 0 Å². The first kappa shape index (κ1) is 20.5. The summed E-state index contributed by atoms with van der Waals surface area (Å²) < 4.78 is 16.9. The highest BCUT2D eigenvalue weighted by Crippen LogP contribution is 2.26. The minimum absolute atomic E-state index is 0.205. The van der Waals surface area contributed by atoms with Gasteiger partial charge in [-0.05, 0) is 56.2 Å². The monoisotopic (exact) mass is 441 g/mol. The molecule has 0 radical (unpaired) electrons. The fraction of sp³-hybridized carbons (Fsp3) is 0.125. The molecular weight excluding hydrogens is 421 g/mol. The highest BCUT2D eigenvalue weighted by Gasteiger charge is 2.19. The Morgan fingerprint density at radius 3 is 2.64 bits per heavy atom. The molecule has 33 heavy (non-hydrogen) atoms. The van der Waals surface area contributed by atoms with E-state index in [9.17, 15) is 9.18 Å². The smallest absolute Gasteiger partial charge is 0.256 e. The van der Waals surface area contributed by atoms with Gasteiger partial charge in [-0.15, -0.1) is 0 Å². The van der Waals surface area contributed by atoms with Gasteiger partial charge in [0.2, 0.25) is 0 Å². The molecule has 0 atom stereocenters. The third-order valence-corrected chi connectivity index (χ3v) is 5.51. The first-order valence-electron chi connectivity index (χ1n) is 10.3. The van der Waals surface area contributed by atoms with Crippen LogP contribution < -0.4 is 5.32 Å². The number of amides is 1. The van der Waals surface area contributed by atoms with Crippen LogP contribution in [-0.2, 0) is 0 Å². The lowest BCUT2D eigenvalue weighted by molar-refractivity contribution is 0.102. The Labute approximate surface area is 188 Å². The molecule has 164 valence electrons. The van der Waals surface area contributed by atoms with Gasteiger partial charge in [0.15, 0.2) is 11.5 Å². The maximum absolute atomic E-state index is 13.6. The number of aromatic nitrogens is 6. The van der Waals surface area contributed by atoms with Crippen molar-refractivity contribution >= 4 is 22.8 Å². The zero-order valence-corrected chi connectivity index (χ0v) is 18.2. The number of carbonyl (C=O) groups excluding carboxylic acids is 1. The van der Waals surface area contributed by atoms with Gasteiger partial charge < -0.3 is 5.32 Å². The van der Waals surface area contributed by atoms with Gasteiger partial charge >= 0.3 is 0 Å². The normalized spacial score (nSPS) is 11.2. The van der Waals surface area contributed by atoms with Gasteiger partial charge in [0.1, 0.15) is 18.0 Å². The molecule has 2 aromatic carbocycles. The lowest BCUT2D eigenvalue weighted by atomic mass is 10.1. The summed E-state index contributed by atoms with van der Waals surface area (Å²) >= 11 is 0. The summed E-state index contributed by atoms with van der Waals surface area (Å²) in [7, 11) is 0. The number of carbonyl (C=O) groups is 1. The van der Waals surface area contributed by atoms with Crippen molar-refractivity contribution in [2.75, 3.05) is 5.32 Å². The maximum Gasteiger partial charge on any atom is 0.256 e. The average Bonchev–Trinajstić information content (AvgIpc) is 3.39. The van der Waals surface area contributed by atoms with E-state index in [1.165, 1.54) is 29.2 Å². The topological polar surface area (TPSA) is 90.5 Å². The van der Waals surface area contributed by atoms with Crippen molar-refractivity contribution in [2.24, 2.45) is 0 Å². The van der Waals surface area contributed by atoms with Crippen molar-refractivity contribution in [1.29, 1.82) is 0 Å². The Bertz CT molecular complexity index is 1520. The number of hydrogen-bond acceptors (Lipinski definition) is 5. The fourth-order valence-corrected chi connectivity index (χ4v) is 3.71. The van der Waals surface area contributed by atoms with Crippen LogP contribution in [0.5, 0.6) is 0 Å². The number of benzene rings is 2. The van der Waals surface area contributed by atoms with E-state index in [1.807, 2.05) is 39.0 Å². The third kappa shape index (κ3) is 3.63. The van der Waals surface area contributed by atoms with Crippen molar-refractivity contribution in [3.63, 3.8) is 0 Å². The van der Waals surface area contributed by atoms with E-state index in [4.69, 9.17) is 0 Å².